The van der Waals surface area contributed by atoms with Gasteiger partial charge < -0.3 is 4.74 Å². The van der Waals surface area contributed by atoms with E-state index in [1.807, 2.05) is 12.1 Å². The normalized spacial score (nSPS) is 15.0. The Morgan fingerprint density at radius 2 is 2.00 bits per heavy atom. The third-order valence-corrected chi connectivity index (χ3v) is 3.07. The van der Waals surface area contributed by atoms with Crippen LogP contribution < -0.4 is 0 Å². The molecule has 2 heteroatoms. The van der Waals surface area contributed by atoms with Gasteiger partial charge >= 0.3 is 0 Å². The van der Waals surface area contributed by atoms with E-state index in [1.165, 1.54) is 17.2 Å². The molecule has 0 saturated carbocycles. The van der Waals surface area contributed by atoms with Gasteiger partial charge in [-0.25, -0.2) is 4.39 Å². The van der Waals surface area contributed by atoms with Gasteiger partial charge in [0.05, 0.1) is 7.11 Å². The number of benzene rings is 1. The molecule has 0 aliphatic heterocycles. The zero-order chi connectivity index (χ0) is 13.1. The smallest absolute Gasteiger partial charge is 0.123 e. The Balaban J connectivity index is 2.48. The molecule has 0 radical (unpaired) electrons. The maximum atomic E-state index is 13.3. The van der Waals surface area contributed by atoms with Crippen molar-refractivity contribution in [1.82, 2.24) is 0 Å². The maximum absolute atomic E-state index is 13.3. The fourth-order valence-corrected chi connectivity index (χ4v) is 1.98. The van der Waals surface area contributed by atoms with E-state index in [-0.39, 0.29) is 5.82 Å². The lowest BCUT2D eigenvalue weighted by atomic mass is 9.93. The van der Waals surface area contributed by atoms with Crippen LogP contribution in [-0.2, 0) is 4.74 Å². The molecule has 0 saturated heterocycles. The average Bonchev–Trinajstić information content (AvgIpc) is 2.38. The van der Waals surface area contributed by atoms with Gasteiger partial charge in [0.1, 0.15) is 11.6 Å². The van der Waals surface area contributed by atoms with Gasteiger partial charge in [-0.3, -0.25) is 0 Å². The minimum Gasteiger partial charge on any atom is -0.501 e. The number of allylic oxidation sites excluding steroid dienone is 5. The average molecular weight is 244 g/mol. The molecule has 0 bridgehead atoms. The van der Waals surface area contributed by atoms with Crippen molar-refractivity contribution in [3.05, 3.63) is 64.7 Å². The van der Waals surface area contributed by atoms with Crippen LogP contribution in [0.25, 0.3) is 5.57 Å². The van der Waals surface area contributed by atoms with Crippen LogP contribution in [0.1, 0.15) is 25.8 Å². The lowest BCUT2D eigenvalue weighted by Crippen LogP contribution is -1.99. The molecule has 0 aromatic heterocycles. The van der Waals surface area contributed by atoms with Crippen LogP contribution in [0.5, 0.6) is 0 Å². The molecule has 0 N–H and O–H groups in total. The summed E-state index contributed by atoms with van der Waals surface area (Å²) in [7, 11) is 1.67. The molecule has 1 aromatic rings. The van der Waals surface area contributed by atoms with E-state index in [4.69, 9.17) is 4.74 Å². The molecule has 0 heterocycles. The molecule has 18 heavy (non-hydrogen) atoms. The predicted molar refractivity (Wildman–Crippen MR) is 72.5 cm³/mol. The first kappa shape index (κ1) is 12.6. The van der Waals surface area contributed by atoms with Crippen LogP contribution in [0.15, 0.2) is 53.3 Å². The fourth-order valence-electron chi connectivity index (χ4n) is 1.98. The van der Waals surface area contributed by atoms with Crippen LogP contribution in [0.2, 0.25) is 0 Å². The number of hydrogen-bond acceptors (Lipinski definition) is 1. The summed E-state index contributed by atoms with van der Waals surface area (Å²) in [6.45, 7) is 4.15. The number of hydrogen-bond donors (Lipinski definition) is 0. The Labute approximate surface area is 107 Å². The van der Waals surface area contributed by atoms with Crippen LogP contribution in [0, 0.1) is 5.82 Å². The topological polar surface area (TPSA) is 9.23 Å². The summed E-state index contributed by atoms with van der Waals surface area (Å²) in [5, 5.41) is 0. The minimum absolute atomic E-state index is 0.218. The van der Waals surface area contributed by atoms with Crippen molar-refractivity contribution in [2.75, 3.05) is 7.11 Å². The van der Waals surface area contributed by atoms with Crippen LogP contribution in [-0.4, -0.2) is 7.11 Å². The zero-order valence-corrected chi connectivity index (χ0v) is 11.0. The lowest BCUT2D eigenvalue weighted by molar-refractivity contribution is 0.283. The van der Waals surface area contributed by atoms with E-state index < -0.39 is 0 Å². The third kappa shape index (κ3) is 2.70. The highest BCUT2D eigenvalue weighted by Crippen LogP contribution is 2.30. The molecule has 1 aromatic carbocycles. The zero-order valence-electron chi connectivity index (χ0n) is 11.0. The molecule has 94 valence electrons. The number of rotatable bonds is 2. The SMILES string of the molecule is COC1=CC(c2cccc(F)c2)=CC(=C(C)C)C1. The van der Waals surface area contributed by atoms with Gasteiger partial charge in [0.15, 0.2) is 0 Å². The van der Waals surface area contributed by atoms with E-state index in [0.717, 1.165) is 23.3 Å². The molecule has 0 unspecified atom stereocenters. The Morgan fingerprint density at radius 1 is 1.22 bits per heavy atom. The van der Waals surface area contributed by atoms with E-state index in [1.54, 1.807) is 19.2 Å². The molecule has 0 spiro atoms. The van der Waals surface area contributed by atoms with Crippen molar-refractivity contribution < 1.29 is 9.13 Å². The van der Waals surface area contributed by atoms with E-state index in [9.17, 15) is 4.39 Å². The summed E-state index contributed by atoms with van der Waals surface area (Å²) in [6, 6.07) is 6.63. The summed E-state index contributed by atoms with van der Waals surface area (Å²) in [4.78, 5) is 0. The lowest BCUT2D eigenvalue weighted by Gasteiger charge is -2.17. The summed E-state index contributed by atoms with van der Waals surface area (Å²) >= 11 is 0. The molecule has 1 aliphatic rings. The van der Waals surface area contributed by atoms with Gasteiger partial charge in [0, 0.05) is 6.42 Å². The summed E-state index contributed by atoms with van der Waals surface area (Å²) in [5.74, 6) is 0.693. The highest BCUT2D eigenvalue weighted by atomic mass is 19.1. The minimum atomic E-state index is -0.218. The van der Waals surface area contributed by atoms with Crippen LogP contribution >= 0.6 is 0 Å². The fraction of sp³-hybridized carbons (Fsp3) is 0.250. The Hall–Kier alpha value is -1.83. The molecule has 2 rings (SSSR count). The van der Waals surface area contributed by atoms with Crippen molar-refractivity contribution in [1.29, 1.82) is 0 Å². The summed E-state index contributed by atoms with van der Waals surface area (Å²) in [5.41, 5.74) is 4.36. The van der Waals surface area contributed by atoms with Gasteiger partial charge in [-0.2, -0.15) is 0 Å². The van der Waals surface area contributed by atoms with Crippen molar-refractivity contribution in [3.63, 3.8) is 0 Å². The molecule has 1 nitrogen and oxygen atoms in total. The second-order valence-electron chi connectivity index (χ2n) is 4.63. The van der Waals surface area contributed by atoms with E-state index in [0.29, 0.717) is 0 Å². The van der Waals surface area contributed by atoms with Crippen molar-refractivity contribution >= 4 is 5.57 Å². The summed E-state index contributed by atoms with van der Waals surface area (Å²) < 4.78 is 18.6. The second kappa shape index (κ2) is 5.21. The number of methoxy groups -OCH3 is 1. The number of ether oxygens (including phenoxy) is 1. The highest BCUT2D eigenvalue weighted by molar-refractivity contribution is 5.78. The van der Waals surface area contributed by atoms with Crippen molar-refractivity contribution in [2.45, 2.75) is 20.3 Å². The molecular weight excluding hydrogens is 227 g/mol. The Morgan fingerprint density at radius 3 is 2.61 bits per heavy atom. The van der Waals surface area contributed by atoms with Crippen LogP contribution in [0.4, 0.5) is 4.39 Å². The molecule has 0 fully saturated rings. The maximum Gasteiger partial charge on any atom is 0.123 e. The van der Waals surface area contributed by atoms with Gasteiger partial charge in [-0.1, -0.05) is 23.8 Å². The quantitative estimate of drug-likeness (QED) is 0.745. The third-order valence-electron chi connectivity index (χ3n) is 3.07. The standard InChI is InChI=1S/C16H17FO/c1-11(2)13-7-14(10-16(9-13)18-3)12-5-4-6-15(17)8-12/h4-8,10H,9H2,1-3H3. The largest absolute Gasteiger partial charge is 0.501 e. The second-order valence-corrected chi connectivity index (χ2v) is 4.63. The van der Waals surface area contributed by atoms with E-state index >= 15 is 0 Å². The Bertz CT molecular complexity index is 546. The molecule has 1 aliphatic carbocycles. The van der Waals surface area contributed by atoms with Gasteiger partial charge in [-0.15, -0.1) is 0 Å². The molecule has 0 atom stereocenters. The van der Waals surface area contributed by atoms with Gasteiger partial charge in [0.25, 0.3) is 0 Å². The highest BCUT2D eigenvalue weighted by Gasteiger charge is 2.12. The summed E-state index contributed by atoms with van der Waals surface area (Å²) in [6.07, 6.45) is 4.88. The van der Waals surface area contributed by atoms with E-state index in [2.05, 4.69) is 19.9 Å². The first-order valence-electron chi connectivity index (χ1n) is 5.98. The number of halogens is 1. The van der Waals surface area contributed by atoms with Crippen molar-refractivity contribution in [2.24, 2.45) is 0 Å². The first-order valence-corrected chi connectivity index (χ1v) is 5.98. The molecular formula is C16H17FO. The van der Waals surface area contributed by atoms with Gasteiger partial charge in [-0.05, 0) is 48.8 Å². The Kier molecular flexibility index (Phi) is 3.66. The van der Waals surface area contributed by atoms with Crippen LogP contribution in [0.3, 0.4) is 0 Å². The molecule has 0 amide bonds. The predicted octanol–water partition coefficient (Wildman–Crippen LogP) is 4.48. The van der Waals surface area contributed by atoms with Gasteiger partial charge in [0.2, 0.25) is 0 Å². The van der Waals surface area contributed by atoms with Crippen molar-refractivity contribution in [3.8, 4) is 0 Å². The first-order chi connectivity index (χ1) is 8.60. The monoisotopic (exact) mass is 244 g/mol.